The predicted molar refractivity (Wildman–Crippen MR) is 98.3 cm³/mol. The lowest BCUT2D eigenvalue weighted by Crippen LogP contribution is -1.81. The fourth-order valence-corrected chi connectivity index (χ4v) is 2.70. The second-order valence-corrected chi connectivity index (χ2v) is 6.35. The molecule has 0 aliphatic rings. The Morgan fingerprint density at radius 1 is 0.381 bits per heavy atom. The molecule has 0 unspecified atom stereocenters. The van der Waals surface area contributed by atoms with Crippen LogP contribution in [0.3, 0.4) is 0 Å². The van der Waals surface area contributed by atoms with E-state index in [2.05, 4.69) is 26.0 Å². The summed E-state index contributed by atoms with van der Waals surface area (Å²) < 4.78 is 0. The van der Waals surface area contributed by atoms with Gasteiger partial charge in [-0.1, -0.05) is 109 Å². The molecule has 0 amide bonds. The molecule has 0 aromatic carbocycles. The number of hydrogen-bond donors (Lipinski definition) is 0. The van der Waals surface area contributed by atoms with Gasteiger partial charge in [-0.05, 0) is 25.7 Å². The molecular weight excluding hydrogens is 252 g/mol. The first kappa shape index (κ1) is 20.7. The Bertz CT molecular complexity index is 192. The number of rotatable bonds is 17. The van der Waals surface area contributed by atoms with Crippen molar-refractivity contribution in [2.24, 2.45) is 0 Å². The highest BCUT2D eigenvalue weighted by Crippen LogP contribution is 2.11. The lowest BCUT2D eigenvalue weighted by Gasteiger charge is -2.00. The maximum atomic E-state index is 3.89. The second-order valence-electron chi connectivity index (χ2n) is 6.35. The Morgan fingerprint density at radius 2 is 0.667 bits per heavy atom. The average molecular weight is 293 g/mol. The summed E-state index contributed by atoms with van der Waals surface area (Å²) in [5.74, 6) is 0. The van der Waals surface area contributed by atoms with E-state index in [9.17, 15) is 0 Å². The van der Waals surface area contributed by atoms with E-state index in [0.717, 1.165) is 12.8 Å². The third-order valence-corrected chi connectivity index (χ3v) is 4.16. The van der Waals surface area contributed by atoms with Crippen molar-refractivity contribution in [1.82, 2.24) is 0 Å². The van der Waals surface area contributed by atoms with E-state index in [1.165, 1.54) is 96.3 Å². The maximum absolute atomic E-state index is 3.89. The molecule has 21 heavy (non-hydrogen) atoms. The molecular formula is C21H40. The molecule has 124 valence electrons. The summed E-state index contributed by atoms with van der Waals surface area (Å²) in [6.45, 7) is 7.77. The lowest BCUT2D eigenvalue weighted by molar-refractivity contribution is 0.570. The largest absolute Gasteiger partial charge is 0.0885 e. The summed E-state index contributed by atoms with van der Waals surface area (Å²) in [5.41, 5.74) is 0. The van der Waals surface area contributed by atoms with Crippen molar-refractivity contribution in [1.29, 1.82) is 0 Å². The van der Waals surface area contributed by atoms with Gasteiger partial charge in [0, 0.05) is 0 Å². The molecule has 0 atom stereocenters. The van der Waals surface area contributed by atoms with Gasteiger partial charge in [-0.15, -0.1) is 0 Å². The van der Waals surface area contributed by atoms with Crippen molar-refractivity contribution in [2.45, 2.75) is 109 Å². The zero-order chi connectivity index (χ0) is 15.4. The summed E-state index contributed by atoms with van der Waals surface area (Å²) in [5, 5.41) is 0. The van der Waals surface area contributed by atoms with Crippen LogP contribution in [0.5, 0.6) is 0 Å². The van der Waals surface area contributed by atoms with Gasteiger partial charge in [-0.25, -0.2) is 0 Å². The van der Waals surface area contributed by atoms with Crippen LogP contribution >= 0.6 is 0 Å². The number of hydrogen-bond acceptors (Lipinski definition) is 0. The van der Waals surface area contributed by atoms with Gasteiger partial charge >= 0.3 is 0 Å². The molecule has 2 radical (unpaired) electrons. The van der Waals surface area contributed by atoms with Crippen LogP contribution in [-0.2, 0) is 0 Å². The Balaban J connectivity index is 3.02. The van der Waals surface area contributed by atoms with Crippen molar-refractivity contribution < 1.29 is 0 Å². The van der Waals surface area contributed by atoms with Crippen LogP contribution in [0.4, 0.5) is 0 Å². The SMILES string of the molecule is [CH2]CCCCCCCC=CCCCCCCCCCC[CH2]. The monoisotopic (exact) mass is 292 g/mol. The van der Waals surface area contributed by atoms with Crippen molar-refractivity contribution >= 4 is 0 Å². The first-order valence-corrected chi connectivity index (χ1v) is 9.65. The molecule has 0 aromatic heterocycles. The molecule has 0 aliphatic carbocycles. The van der Waals surface area contributed by atoms with Crippen LogP contribution in [0.25, 0.3) is 0 Å². The molecule has 0 spiro atoms. The topological polar surface area (TPSA) is 0 Å². The van der Waals surface area contributed by atoms with Crippen LogP contribution in [0.1, 0.15) is 109 Å². The Morgan fingerprint density at radius 3 is 1.00 bits per heavy atom. The van der Waals surface area contributed by atoms with E-state index in [0.29, 0.717) is 0 Å². The summed E-state index contributed by atoms with van der Waals surface area (Å²) >= 11 is 0. The van der Waals surface area contributed by atoms with Gasteiger partial charge < -0.3 is 0 Å². The maximum Gasteiger partial charge on any atom is -0.0351 e. The molecule has 0 aromatic rings. The van der Waals surface area contributed by atoms with Crippen LogP contribution < -0.4 is 0 Å². The number of unbranched alkanes of at least 4 members (excludes halogenated alkanes) is 15. The van der Waals surface area contributed by atoms with E-state index in [4.69, 9.17) is 0 Å². The fourth-order valence-electron chi connectivity index (χ4n) is 2.70. The molecule has 0 heteroatoms. The minimum atomic E-state index is 1.11. The van der Waals surface area contributed by atoms with Gasteiger partial charge in [0.2, 0.25) is 0 Å². The molecule has 0 fully saturated rings. The zero-order valence-corrected chi connectivity index (χ0v) is 14.6. The minimum absolute atomic E-state index is 1.11. The first-order chi connectivity index (χ1) is 10.4. The summed E-state index contributed by atoms with van der Waals surface area (Å²) in [6.07, 6.45) is 27.7. The number of allylic oxidation sites excluding steroid dienone is 2. The quantitative estimate of drug-likeness (QED) is 0.189. The molecule has 0 nitrogen and oxygen atoms in total. The van der Waals surface area contributed by atoms with Crippen molar-refractivity contribution in [3.63, 3.8) is 0 Å². The zero-order valence-electron chi connectivity index (χ0n) is 14.6. The molecule has 0 N–H and O–H groups in total. The fraction of sp³-hybridized carbons (Fsp3) is 0.810. The van der Waals surface area contributed by atoms with Gasteiger partial charge in [-0.2, -0.15) is 0 Å². The molecule has 0 bridgehead atoms. The average Bonchev–Trinajstić information content (AvgIpc) is 2.50. The Kier molecular flexibility index (Phi) is 19.5. The van der Waals surface area contributed by atoms with Crippen molar-refractivity contribution in [2.75, 3.05) is 0 Å². The van der Waals surface area contributed by atoms with Crippen molar-refractivity contribution in [3.05, 3.63) is 26.0 Å². The summed E-state index contributed by atoms with van der Waals surface area (Å²) in [6, 6.07) is 0. The van der Waals surface area contributed by atoms with Gasteiger partial charge in [0.15, 0.2) is 0 Å². The molecule has 0 aliphatic heterocycles. The van der Waals surface area contributed by atoms with E-state index in [1.54, 1.807) is 0 Å². The predicted octanol–water partition coefficient (Wildman–Crippen LogP) is 7.84. The van der Waals surface area contributed by atoms with Crippen LogP contribution in [0.2, 0.25) is 0 Å². The van der Waals surface area contributed by atoms with Crippen molar-refractivity contribution in [3.8, 4) is 0 Å². The third kappa shape index (κ3) is 19.7. The van der Waals surface area contributed by atoms with Crippen LogP contribution in [0, 0.1) is 13.8 Å². The molecule has 0 saturated carbocycles. The molecule has 0 heterocycles. The van der Waals surface area contributed by atoms with E-state index < -0.39 is 0 Å². The van der Waals surface area contributed by atoms with E-state index in [1.807, 2.05) is 0 Å². The molecule has 0 rings (SSSR count). The summed E-state index contributed by atoms with van der Waals surface area (Å²) in [7, 11) is 0. The summed E-state index contributed by atoms with van der Waals surface area (Å²) in [4.78, 5) is 0. The highest BCUT2D eigenvalue weighted by Gasteiger charge is 1.91. The normalized spacial score (nSPS) is 11.5. The third-order valence-electron chi connectivity index (χ3n) is 4.16. The minimum Gasteiger partial charge on any atom is -0.0885 e. The van der Waals surface area contributed by atoms with Gasteiger partial charge in [0.05, 0.1) is 0 Å². The van der Waals surface area contributed by atoms with Gasteiger partial charge in [0.25, 0.3) is 0 Å². The smallest absolute Gasteiger partial charge is 0.0351 e. The van der Waals surface area contributed by atoms with Crippen LogP contribution in [-0.4, -0.2) is 0 Å². The first-order valence-electron chi connectivity index (χ1n) is 9.65. The Labute approximate surface area is 135 Å². The van der Waals surface area contributed by atoms with E-state index in [-0.39, 0.29) is 0 Å². The standard InChI is InChI=1S/C21H40/c1-3-5-7-9-11-13-15-17-19-21-20-18-16-14-12-10-8-6-4-2/h17,19H,1-16,18,20-21H2. The second kappa shape index (κ2) is 19.7. The van der Waals surface area contributed by atoms with Gasteiger partial charge in [-0.3, -0.25) is 0 Å². The van der Waals surface area contributed by atoms with Gasteiger partial charge in [0.1, 0.15) is 0 Å². The molecule has 0 saturated heterocycles. The lowest BCUT2D eigenvalue weighted by atomic mass is 10.1. The van der Waals surface area contributed by atoms with Crippen LogP contribution in [0.15, 0.2) is 12.2 Å². The highest BCUT2D eigenvalue weighted by atomic mass is 14.0. The Hall–Kier alpha value is -0.260. The van der Waals surface area contributed by atoms with E-state index >= 15 is 0 Å². The highest BCUT2D eigenvalue weighted by molar-refractivity contribution is 4.81.